The van der Waals surface area contributed by atoms with E-state index < -0.39 is 0 Å². The molecule has 0 aliphatic carbocycles. The molecule has 0 spiro atoms. The van der Waals surface area contributed by atoms with E-state index in [0.717, 1.165) is 12.8 Å². The van der Waals surface area contributed by atoms with E-state index in [9.17, 15) is 4.79 Å². The maximum absolute atomic E-state index is 11.0. The zero-order valence-corrected chi connectivity index (χ0v) is 10.2. The van der Waals surface area contributed by atoms with Gasteiger partial charge in [-0.3, -0.25) is 4.79 Å². The van der Waals surface area contributed by atoms with Gasteiger partial charge in [-0.25, -0.2) is 0 Å². The van der Waals surface area contributed by atoms with Crippen LogP contribution in [0, 0.1) is 0 Å². The minimum absolute atomic E-state index is 0.0135. The smallest absolute Gasteiger partial charge is 0.217 e. The third-order valence-corrected chi connectivity index (χ3v) is 2.84. The average Bonchev–Trinajstić information content (AvgIpc) is 2.11. The Bertz CT molecular complexity index is 168. The SMILES string of the molecule is CCCCCCC(C)(CC)NC(C)=O. The first-order valence-corrected chi connectivity index (χ1v) is 5.83. The molecule has 0 aliphatic rings. The van der Waals surface area contributed by atoms with Gasteiger partial charge < -0.3 is 5.32 Å². The fourth-order valence-corrected chi connectivity index (χ4v) is 1.69. The summed E-state index contributed by atoms with van der Waals surface area (Å²) in [5.41, 5.74) is 0.0135. The molecule has 0 saturated carbocycles. The maximum Gasteiger partial charge on any atom is 0.217 e. The van der Waals surface area contributed by atoms with Gasteiger partial charge >= 0.3 is 0 Å². The Morgan fingerprint density at radius 1 is 1.21 bits per heavy atom. The first-order valence-electron chi connectivity index (χ1n) is 5.83. The summed E-state index contributed by atoms with van der Waals surface area (Å²) in [6, 6.07) is 0. The molecule has 1 N–H and O–H groups in total. The van der Waals surface area contributed by atoms with E-state index in [2.05, 4.69) is 26.1 Å². The van der Waals surface area contributed by atoms with Gasteiger partial charge in [0.05, 0.1) is 0 Å². The number of carbonyl (C=O) groups is 1. The van der Waals surface area contributed by atoms with Crippen LogP contribution < -0.4 is 5.32 Å². The van der Waals surface area contributed by atoms with Crippen molar-refractivity contribution in [1.29, 1.82) is 0 Å². The van der Waals surface area contributed by atoms with Crippen LogP contribution in [0.2, 0.25) is 0 Å². The second-order valence-corrected chi connectivity index (χ2v) is 4.41. The van der Waals surface area contributed by atoms with E-state index in [0.29, 0.717) is 0 Å². The summed E-state index contributed by atoms with van der Waals surface area (Å²) in [6.45, 7) is 8.09. The number of rotatable bonds is 7. The highest BCUT2D eigenvalue weighted by atomic mass is 16.1. The third-order valence-electron chi connectivity index (χ3n) is 2.84. The van der Waals surface area contributed by atoms with Crippen molar-refractivity contribution < 1.29 is 4.79 Å². The molecule has 14 heavy (non-hydrogen) atoms. The fraction of sp³-hybridized carbons (Fsp3) is 0.917. The van der Waals surface area contributed by atoms with Gasteiger partial charge in [-0.2, -0.15) is 0 Å². The number of unbranched alkanes of at least 4 members (excludes halogenated alkanes) is 3. The quantitative estimate of drug-likeness (QED) is 0.626. The highest BCUT2D eigenvalue weighted by Crippen LogP contribution is 2.18. The standard InChI is InChI=1S/C12H25NO/c1-5-7-8-9-10-12(4,6-2)13-11(3)14/h5-10H2,1-4H3,(H,13,14). The summed E-state index contributed by atoms with van der Waals surface area (Å²) < 4.78 is 0. The third kappa shape index (κ3) is 6.01. The number of hydrogen-bond acceptors (Lipinski definition) is 1. The Morgan fingerprint density at radius 3 is 2.29 bits per heavy atom. The number of hydrogen-bond donors (Lipinski definition) is 1. The largest absolute Gasteiger partial charge is 0.351 e. The van der Waals surface area contributed by atoms with E-state index in [1.54, 1.807) is 6.92 Å². The normalized spacial score (nSPS) is 14.9. The molecule has 0 bridgehead atoms. The average molecular weight is 199 g/mol. The Balaban J connectivity index is 3.80. The van der Waals surface area contributed by atoms with Crippen molar-refractivity contribution in [3.05, 3.63) is 0 Å². The van der Waals surface area contributed by atoms with Crippen LogP contribution in [-0.4, -0.2) is 11.4 Å². The van der Waals surface area contributed by atoms with Crippen LogP contribution in [0.15, 0.2) is 0 Å². The van der Waals surface area contributed by atoms with Crippen molar-refractivity contribution in [3.63, 3.8) is 0 Å². The van der Waals surface area contributed by atoms with Crippen molar-refractivity contribution >= 4 is 5.91 Å². The predicted octanol–water partition coefficient (Wildman–Crippen LogP) is 3.26. The molecular weight excluding hydrogens is 174 g/mol. The van der Waals surface area contributed by atoms with Crippen molar-refractivity contribution in [3.8, 4) is 0 Å². The van der Waals surface area contributed by atoms with Gasteiger partial charge in [0.1, 0.15) is 0 Å². The molecule has 84 valence electrons. The molecule has 1 atom stereocenters. The molecule has 0 saturated heterocycles. The number of carbonyl (C=O) groups excluding carboxylic acids is 1. The van der Waals surface area contributed by atoms with Gasteiger partial charge in [0.2, 0.25) is 5.91 Å². The topological polar surface area (TPSA) is 29.1 Å². The monoisotopic (exact) mass is 199 g/mol. The summed E-state index contributed by atoms with van der Waals surface area (Å²) in [7, 11) is 0. The summed E-state index contributed by atoms with van der Waals surface area (Å²) in [5.74, 6) is 0.0878. The van der Waals surface area contributed by atoms with Gasteiger partial charge in [0.15, 0.2) is 0 Å². The van der Waals surface area contributed by atoms with E-state index >= 15 is 0 Å². The van der Waals surface area contributed by atoms with Crippen LogP contribution in [0.3, 0.4) is 0 Å². The van der Waals surface area contributed by atoms with Crippen molar-refractivity contribution in [2.45, 2.75) is 71.8 Å². The highest BCUT2D eigenvalue weighted by molar-refractivity contribution is 5.73. The van der Waals surface area contributed by atoms with Crippen molar-refractivity contribution in [1.82, 2.24) is 5.32 Å². The van der Waals surface area contributed by atoms with Crippen molar-refractivity contribution in [2.24, 2.45) is 0 Å². The Morgan fingerprint density at radius 2 is 1.86 bits per heavy atom. The first-order chi connectivity index (χ1) is 6.54. The molecular formula is C12H25NO. The second-order valence-electron chi connectivity index (χ2n) is 4.41. The van der Waals surface area contributed by atoms with Gasteiger partial charge in [-0.05, 0) is 19.8 Å². The minimum Gasteiger partial charge on any atom is -0.351 e. The minimum atomic E-state index is 0.0135. The molecule has 1 amide bonds. The van der Waals surface area contributed by atoms with Crippen LogP contribution in [0.5, 0.6) is 0 Å². The lowest BCUT2D eigenvalue weighted by atomic mass is 9.91. The summed E-state index contributed by atoms with van der Waals surface area (Å²) in [6.07, 6.45) is 7.19. The first kappa shape index (κ1) is 13.5. The van der Waals surface area contributed by atoms with E-state index in [1.807, 2.05) is 0 Å². The molecule has 0 aliphatic heterocycles. The Kier molecular flexibility index (Phi) is 6.60. The van der Waals surface area contributed by atoms with E-state index in [1.165, 1.54) is 25.7 Å². The molecule has 1 unspecified atom stereocenters. The predicted molar refractivity (Wildman–Crippen MR) is 61.3 cm³/mol. The Hall–Kier alpha value is -0.530. The molecule has 0 aromatic rings. The van der Waals surface area contributed by atoms with E-state index in [4.69, 9.17) is 0 Å². The van der Waals surface area contributed by atoms with Crippen LogP contribution >= 0.6 is 0 Å². The zero-order valence-electron chi connectivity index (χ0n) is 10.2. The number of amides is 1. The lowest BCUT2D eigenvalue weighted by Gasteiger charge is -2.29. The van der Waals surface area contributed by atoms with Crippen LogP contribution in [0.1, 0.15) is 66.2 Å². The lowest BCUT2D eigenvalue weighted by Crippen LogP contribution is -2.44. The Labute approximate surface area is 88.5 Å². The van der Waals surface area contributed by atoms with Gasteiger partial charge in [-0.1, -0.05) is 39.5 Å². The van der Waals surface area contributed by atoms with Gasteiger partial charge in [-0.15, -0.1) is 0 Å². The molecule has 0 aromatic carbocycles. The zero-order chi connectivity index (χ0) is 11.0. The molecule has 0 aromatic heterocycles. The van der Waals surface area contributed by atoms with Gasteiger partial charge in [0, 0.05) is 12.5 Å². The van der Waals surface area contributed by atoms with E-state index in [-0.39, 0.29) is 11.4 Å². The maximum atomic E-state index is 11.0. The lowest BCUT2D eigenvalue weighted by molar-refractivity contribution is -0.120. The molecule has 0 radical (unpaired) electrons. The fourth-order valence-electron chi connectivity index (χ4n) is 1.69. The molecule has 0 fully saturated rings. The van der Waals surface area contributed by atoms with Crippen LogP contribution in [-0.2, 0) is 4.79 Å². The van der Waals surface area contributed by atoms with Crippen molar-refractivity contribution in [2.75, 3.05) is 0 Å². The highest BCUT2D eigenvalue weighted by Gasteiger charge is 2.21. The molecule has 2 heteroatoms. The number of nitrogens with one attached hydrogen (secondary N) is 1. The van der Waals surface area contributed by atoms with Gasteiger partial charge in [0.25, 0.3) is 0 Å². The summed E-state index contributed by atoms with van der Waals surface area (Å²) in [4.78, 5) is 11.0. The summed E-state index contributed by atoms with van der Waals surface area (Å²) >= 11 is 0. The van der Waals surface area contributed by atoms with Crippen LogP contribution in [0.4, 0.5) is 0 Å². The molecule has 2 nitrogen and oxygen atoms in total. The second kappa shape index (κ2) is 6.86. The molecule has 0 rings (SSSR count). The van der Waals surface area contributed by atoms with Crippen LogP contribution in [0.25, 0.3) is 0 Å². The molecule has 0 heterocycles. The summed E-state index contributed by atoms with van der Waals surface area (Å²) in [5, 5.41) is 3.04.